The molecule has 0 spiro atoms. The van der Waals surface area contributed by atoms with Crippen LogP contribution in [0, 0.1) is 0 Å². The van der Waals surface area contributed by atoms with Gasteiger partial charge in [0, 0.05) is 37.6 Å². The number of aliphatic hydroxyl groups excluding tert-OH is 1. The minimum atomic E-state index is -0.00853. The van der Waals surface area contributed by atoms with Gasteiger partial charge in [-0.05, 0) is 37.0 Å². The molecule has 4 rings (SSSR count). The number of anilines is 2. The summed E-state index contributed by atoms with van der Waals surface area (Å²) < 4.78 is 5.76. The molecule has 0 atom stereocenters. The average Bonchev–Trinajstić information content (AvgIpc) is 3.44. The molecule has 27 heavy (non-hydrogen) atoms. The van der Waals surface area contributed by atoms with Crippen molar-refractivity contribution in [1.29, 1.82) is 0 Å². The zero-order chi connectivity index (χ0) is 18.5. The van der Waals surface area contributed by atoms with Crippen molar-refractivity contribution in [1.82, 2.24) is 25.1 Å². The van der Waals surface area contributed by atoms with E-state index < -0.39 is 0 Å². The topological polar surface area (TPSA) is 122 Å². The molecule has 0 saturated heterocycles. The van der Waals surface area contributed by atoms with Gasteiger partial charge in [-0.2, -0.15) is 4.98 Å². The van der Waals surface area contributed by atoms with Crippen molar-refractivity contribution in [3.63, 3.8) is 0 Å². The van der Waals surface area contributed by atoms with E-state index in [0.29, 0.717) is 48.1 Å². The third kappa shape index (κ3) is 4.37. The van der Waals surface area contributed by atoms with Gasteiger partial charge in [0.15, 0.2) is 0 Å². The first-order chi connectivity index (χ1) is 13.3. The second-order valence-corrected chi connectivity index (χ2v) is 6.36. The lowest BCUT2D eigenvalue weighted by molar-refractivity contribution is 0.311. The maximum atomic E-state index is 9.13. The number of hydrogen-bond acceptors (Lipinski definition) is 9. The van der Waals surface area contributed by atoms with Crippen molar-refractivity contribution >= 4 is 11.8 Å². The summed E-state index contributed by atoms with van der Waals surface area (Å²) >= 11 is 0. The monoisotopic (exact) mass is 367 g/mol. The predicted molar refractivity (Wildman–Crippen MR) is 99.3 cm³/mol. The predicted octanol–water partition coefficient (Wildman–Crippen LogP) is 1.86. The lowest BCUT2D eigenvalue weighted by atomic mass is 10.2. The van der Waals surface area contributed by atoms with Crippen LogP contribution in [0.1, 0.15) is 30.2 Å². The zero-order valence-corrected chi connectivity index (χ0v) is 14.8. The van der Waals surface area contributed by atoms with Crippen molar-refractivity contribution in [3.8, 4) is 11.5 Å². The van der Waals surface area contributed by atoms with Gasteiger partial charge in [-0.3, -0.25) is 4.98 Å². The maximum Gasteiger partial charge on any atom is 0.253 e. The van der Waals surface area contributed by atoms with Crippen LogP contribution in [0.25, 0.3) is 11.5 Å². The van der Waals surface area contributed by atoms with Gasteiger partial charge in [0.2, 0.25) is 11.8 Å². The molecule has 1 saturated carbocycles. The standard InChI is InChI=1S/C18H21N7O2/c26-10-9-20-15-14(17-25-24-16(27-17)13-1-2-13)11-22-18(23-15)21-8-5-12-3-6-19-7-4-12/h3-4,6-7,11,13,26H,1-2,5,8-10H2,(H2,20,21,22,23). The normalized spacial score (nSPS) is 13.5. The maximum absolute atomic E-state index is 9.13. The Morgan fingerprint density at radius 1 is 1.11 bits per heavy atom. The van der Waals surface area contributed by atoms with Crippen molar-refractivity contribution in [3.05, 3.63) is 42.2 Å². The van der Waals surface area contributed by atoms with E-state index in [-0.39, 0.29) is 6.61 Å². The molecule has 1 aliphatic rings. The van der Waals surface area contributed by atoms with Crippen LogP contribution < -0.4 is 10.6 Å². The molecule has 0 aliphatic heterocycles. The van der Waals surface area contributed by atoms with Gasteiger partial charge < -0.3 is 20.2 Å². The Hall–Kier alpha value is -3.07. The first-order valence-electron chi connectivity index (χ1n) is 9.02. The zero-order valence-electron chi connectivity index (χ0n) is 14.8. The van der Waals surface area contributed by atoms with E-state index in [1.165, 1.54) is 5.56 Å². The van der Waals surface area contributed by atoms with E-state index in [9.17, 15) is 0 Å². The molecule has 0 aromatic carbocycles. The van der Waals surface area contributed by atoms with Crippen LogP contribution >= 0.6 is 0 Å². The van der Waals surface area contributed by atoms with E-state index in [0.717, 1.165) is 19.3 Å². The van der Waals surface area contributed by atoms with Crippen molar-refractivity contribution in [2.24, 2.45) is 0 Å². The van der Waals surface area contributed by atoms with Crippen LogP contribution in [0.4, 0.5) is 11.8 Å². The number of pyridine rings is 1. The molecule has 0 radical (unpaired) electrons. The molecule has 1 aliphatic carbocycles. The van der Waals surface area contributed by atoms with E-state index in [1.807, 2.05) is 12.1 Å². The third-order valence-electron chi connectivity index (χ3n) is 4.24. The van der Waals surface area contributed by atoms with Gasteiger partial charge in [-0.15, -0.1) is 10.2 Å². The Morgan fingerprint density at radius 2 is 1.96 bits per heavy atom. The molecule has 0 amide bonds. The lowest BCUT2D eigenvalue weighted by Crippen LogP contribution is -2.12. The van der Waals surface area contributed by atoms with Crippen molar-refractivity contribution in [2.75, 3.05) is 30.3 Å². The van der Waals surface area contributed by atoms with E-state index in [2.05, 4.69) is 35.8 Å². The Balaban J connectivity index is 1.47. The van der Waals surface area contributed by atoms with Crippen LogP contribution in [0.3, 0.4) is 0 Å². The Labute approximate surface area is 156 Å². The minimum Gasteiger partial charge on any atom is -0.420 e. The molecule has 3 aromatic rings. The summed E-state index contributed by atoms with van der Waals surface area (Å²) in [6.45, 7) is 1.05. The molecular formula is C18H21N7O2. The van der Waals surface area contributed by atoms with Crippen LogP contribution in [0.5, 0.6) is 0 Å². The summed E-state index contributed by atoms with van der Waals surface area (Å²) in [5, 5.41) is 23.7. The fourth-order valence-corrected chi connectivity index (χ4v) is 2.64. The second kappa shape index (κ2) is 8.09. The Morgan fingerprint density at radius 3 is 2.74 bits per heavy atom. The Kier molecular flexibility index (Phi) is 5.20. The average molecular weight is 367 g/mol. The summed E-state index contributed by atoms with van der Waals surface area (Å²) in [5.41, 5.74) is 1.81. The number of nitrogens with one attached hydrogen (secondary N) is 2. The quantitative estimate of drug-likeness (QED) is 0.520. The third-order valence-corrected chi connectivity index (χ3v) is 4.24. The molecule has 0 unspecified atom stereocenters. The van der Waals surface area contributed by atoms with Crippen molar-refractivity contribution in [2.45, 2.75) is 25.2 Å². The van der Waals surface area contributed by atoms with Gasteiger partial charge in [-0.1, -0.05) is 0 Å². The van der Waals surface area contributed by atoms with Crippen LogP contribution in [-0.4, -0.2) is 50.0 Å². The lowest BCUT2D eigenvalue weighted by Gasteiger charge is -2.10. The molecule has 3 aromatic heterocycles. The van der Waals surface area contributed by atoms with E-state index in [4.69, 9.17) is 9.52 Å². The van der Waals surface area contributed by atoms with Gasteiger partial charge in [-0.25, -0.2) is 4.98 Å². The first kappa shape index (κ1) is 17.3. The molecule has 140 valence electrons. The van der Waals surface area contributed by atoms with Gasteiger partial charge in [0.05, 0.1) is 12.2 Å². The molecular weight excluding hydrogens is 346 g/mol. The van der Waals surface area contributed by atoms with Crippen LogP contribution in [0.15, 0.2) is 35.1 Å². The summed E-state index contributed by atoms with van der Waals surface area (Å²) in [6, 6.07) is 3.96. The van der Waals surface area contributed by atoms with Crippen molar-refractivity contribution < 1.29 is 9.52 Å². The van der Waals surface area contributed by atoms with E-state index >= 15 is 0 Å². The summed E-state index contributed by atoms with van der Waals surface area (Å²) in [5.74, 6) is 2.49. The molecule has 0 bridgehead atoms. The number of aliphatic hydroxyl groups is 1. The smallest absolute Gasteiger partial charge is 0.253 e. The molecule has 9 nitrogen and oxygen atoms in total. The fourth-order valence-electron chi connectivity index (χ4n) is 2.64. The minimum absolute atomic E-state index is 0.00853. The van der Waals surface area contributed by atoms with Gasteiger partial charge in [0.1, 0.15) is 5.82 Å². The number of nitrogens with zero attached hydrogens (tertiary/aromatic N) is 5. The highest BCUT2D eigenvalue weighted by molar-refractivity contribution is 5.69. The number of hydrogen-bond donors (Lipinski definition) is 3. The largest absolute Gasteiger partial charge is 0.420 e. The molecule has 1 fully saturated rings. The SMILES string of the molecule is OCCNc1nc(NCCc2ccncc2)ncc1-c1nnc(C2CC2)o1. The second-order valence-electron chi connectivity index (χ2n) is 6.36. The van der Waals surface area contributed by atoms with Crippen LogP contribution in [-0.2, 0) is 6.42 Å². The molecule has 9 heteroatoms. The summed E-state index contributed by atoms with van der Waals surface area (Å²) in [7, 11) is 0. The summed E-state index contributed by atoms with van der Waals surface area (Å²) in [6.07, 6.45) is 8.23. The number of rotatable bonds is 9. The van der Waals surface area contributed by atoms with Crippen LogP contribution in [0.2, 0.25) is 0 Å². The number of aromatic nitrogens is 5. The molecule has 3 N–H and O–H groups in total. The van der Waals surface area contributed by atoms with E-state index in [1.54, 1.807) is 18.6 Å². The van der Waals surface area contributed by atoms with Gasteiger partial charge in [0.25, 0.3) is 5.89 Å². The highest BCUT2D eigenvalue weighted by Crippen LogP contribution is 2.40. The molecule has 3 heterocycles. The summed E-state index contributed by atoms with van der Waals surface area (Å²) in [4.78, 5) is 12.9. The van der Waals surface area contributed by atoms with Gasteiger partial charge >= 0.3 is 0 Å². The Bertz CT molecular complexity index is 880. The first-order valence-corrected chi connectivity index (χ1v) is 9.02. The highest BCUT2D eigenvalue weighted by Gasteiger charge is 2.30. The fraction of sp³-hybridized carbons (Fsp3) is 0.389. The highest BCUT2D eigenvalue weighted by atomic mass is 16.4.